The molecule has 0 amide bonds. The minimum Gasteiger partial charge on any atom is -0.299 e. The second kappa shape index (κ2) is 4.50. The van der Waals surface area contributed by atoms with Crippen LogP contribution in [0.15, 0.2) is 0 Å². The van der Waals surface area contributed by atoms with E-state index in [-0.39, 0.29) is 0 Å². The van der Waals surface area contributed by atoms with Gasteiger partial charge in [-0.1, -0.05) is 6.42 Å². The van der Waals surface area contributed by atoms with E-state index >= 15 is 0 Å². The monoisotopic (exact) mass is 198 g/mol. The van der Waals surface area contributed by atoms with Crippen molar-refractivity contribution in [3.05, 3.63) is 0 Å². The minimum absolute atomic E-state index is 0.467. The molecule has 74 valence electrons. The Balaban J connectivity index is 1.72. The molecule has 0 unspecified atom stereocenters. The van der Waals surface area contributed by atoms with Crippen molar-refractivity contribution in [3.63, 3.8) is 0 Å². The van der Waals surface area contributed by atoms with Gasteiger partial charge in [-0.2, -0.15) is 11.8 Å². The smallest absolute Gasteiger partial charge is 0.136 e. The fraction of sp³-hybridized carbons (Fsp3) is 0.909. The molecule has 0 aromatic carbocycles. The van der Waals surface area contributed by atoms with Crippen LogP contribution in [0.25, 0.3) is 0 Å². The Kier molecular flexibility index (Phi) is 3.31. The number of carbonyl (C=O) groups is 1. The van der Waals surface area contributed by atoms with Gasteiger partial charge in [0.1, 0.15) is 5.78 Å². The fourth-order valence-corrected chi connectivity index (χ4v) is 3.34. The zero-order valence-corrected chi connectivity index (χ0v) is 8.94. The van der Waals surface area contributed by atoms with Crippen LogP contribution >= 0.6 is 11.8 Å². The average molecular weight is 198 g/mol. The average Bonchev–Trinajstić information content (AvgIpc) is 2.02. The lowest BCUT2D eigenvalue weighted by molar-refractivity contribution is -0.126. The number of thioether (sulfide) groups is 1. The third-order valence-corrected chi connectivity index (χ3v) is 4.44. The molecule has 0 bridgehead atoms. The van der Waals surface area contributed by atoms with Crippen molar-refractivity contribution in [2.45, 2.75) is 38.5 Å². The van der Waals surface area contributed by atoms with Gasteiger partial charge in [0.15, 0.2) is 0 Å². The summed E-state index contributed by atoms with van der Waals surface area (Å²) in [5.41, 5.74) is 0. The van der Waals surface area contributed by atoms with Gasteiger partial charge in [0.05, 0.1) is 0 Å². The first-order chi connectivity index (χ1) is 6.36. The SMILES string of the molecule is O=C(CC1CCSCC1)C1CCC1. The van der Waals surface area contributed by atoms with E-state index in [9.17, 15) is 4.79 Å². The number of carbonyl (C=O) groups excluding carboxylic acids is 1. The van der Waals surface area contributed by atoms with E-state index in [1.165, 1.54) is 43.6 Å². The summed E-state index contributed by atoms with van der Waals surface area (Å²) >= 11 is 2.04. The maximum atomic E-state index is 11.7. The van der Waals surface area contributed by atoms with Crippen molar-refractivity contribution in [1.82, 2.24) is 0 Å². The van der Waals surface area contributed by atoms with Crippen LogP contribution in [-0.4, -0.2) is 17.3 Å². The first-order valence-corrected chi connectivity index (χ1v) is 6.62. The van der Waals surface area contributed by atoms with Gasteiger partial charge in [-0.3, -0.25) is 4.79 Å². The van der Waals surface area contributed by atoms with Crippen molar-refractivity contribution in [1.29, 1.82) is 0 Å². The predicted octanol–water partition coefficient (Wildman–Crippen LogP) is 2.89. The van der Waals surface area contributed by atoms with Crippen LogP contribution in [-0.2, 0) is 4.79 Å². The zero-order chi connectivity index (χ0) is 9.10. The quantitative estimate of drug-likeness (QED) is 0.693. The lowest BCUT2D eigenvalue weighted by Crippen LogP contribution is -2.25. The molecule has 1 nitrogen and oxygen atoms in total. The largest absolute Gasteiger partial charge is 0.299 e. The van der Waals surface area contributed by atoms with Crippen LogP contribution in [0, 0.1) is 11.8 Å². The van der Waals surface area contributed by atoms with Crippen LogP contribution in [0.2, 0.25) is 0 Å². The van der Waals surface area contributed by atoms with Crippen molar-refractivity contribution in [2.24, 2.45) is 11.8 Å². The number of hydrogen-bond acceptors (Lipinski definition) is 2. The molecule has 0 aromatic rings. The van der Waals surface area contributed by atoms with Crippen LogP contribution < -0.4 is 0 Å². The Labute approximate surface area is 84.7 Å². The highest BCUT2D eigenvalue weighted by Crippen LogP contribution is 2.32. The number of ketones is 1. The Bertz CT molecular complexity index is 181. The molecule has 1 aliphatic heterocycles. The molecule has 13 heavy (non-hydrogen) atoms. The van der Waals surface area contributed by atoms with E-state index < -0.39 is 0 Å². The molecule has 0 spiro atoms. The molecule has 1 aliphatic carbocycles. The highest BCUT2D eigenvalue weighted by molar-refractivity contribution is 7.99. The lowest BCUT2D eigenvalue weighted by Gasteiger charge is -2.27. The van der Waals surface area contributed by atoms with Crippen LogP contribution in [0.1, 0.15) is 38.5 Å². The number of Topliss-reactive ketones (excluding diaryl/α,β-unsaturated/α-hetero) is 1. The third kappa shape index (κ3) is 2.49. The maximum absolute atomic E-state index is 11.7. The minimum atomic E-state index is 0.467. The van der Waals surface area contributed by atoms with Gasteiger partial charge in [0, 0.05) is 12.3 Å². The number of hydrogen-bond donors (Lipinski definition) is 0. The molecular formula is C11H18OS. The van der Waals surface area contributed by atoms with Gasteiger partial charge in [0.25, 0.3) is 0 Å². The molecule has 2 heteroatoms. The summed E-state index contributed by atoms with van der Waals surface area (Å²) in [5.74, 6) is 4.33. The van der Waals surface area contributed by atoms with Crippen LogP contribution in [0.3, 0.4) is 0 Å². The molecular weight excluding hydrogens is 180 g/mol. The van der Waals surface area contributed by atoms with Crippen molar-refractivity contribution >= 4 is 17.5 Å². The zero-order valence-electron chi connectivity index (χ0n) is 8.13. The second-order valence-electron chi connectivity index (χ2n) is 4.35. The molecule has 1 heterocycles. The van der Waals surface area contributed by atoms with Crippen LogP contribution in [0.5, 0.6) is 0 Å². The van der Waals surface area contributed by atoms with Gasteiger partial charge in [0.2, 0.25) is 0 Å². The van der Waals surface area contributed by atoms with Crippen LogP contribution in [0.4, 0.5) is 0 Å². The molecule has 2 aliphatic rings. The topological polar surface area (TPSA) is 17.1 Å². The lowest BCUT2D eigenvalue weighted by atomic mass is 9.78. The third-order valence-electron chi connectivity index (χ3n) is 3.39. The molecule has 0 aromatic heterocycles. The van der Waals surface area contributed by atoms with E-state index in [4.69, 9.17) is 0 Å². The van der Waals surface area contributed by atoms with Gasteiger partial charge < -0.3 is 0 Å². The van der Waals surface area contributed by atoms with Crippen molar-refractivity contribution in [3.8, 4) is 0 Å². The first-order valence-electron chi connectivity index (χ1n) is 5.46. The first kappa shape index (κ1) is 9.57. The van der Waals surface area contributed by atoms with E-state index in [0.717, 1.165) is 12.3 Å². The molecule has 1 saturated heterocycles. The summed E-state index contributed by atoms with van der Waals surface area (Å²) in [6.45, 7) is 0. The summed E-state index contributed by atoms with van der Waals surface area (Å²) in [5, 5.41) is 0. The molecule has 2 fully saturated rings. The fourth-order valence-electron chi connectivity index (χ4n) is 2.13. The van der Waals surface area contributed by atoms with E-state index in [2.05, 4.69) is 0 Å². The molecule has 0 radical (unpaired) electrons. The Morgan fingerprint density at radius 1 is 1.15 bits per heavy atom. The van der Waals surface area contributed by atoms with Gasteiger partial charge in [-0.25, -0.2) is 0 Å². The summed E-state index contributed by atoms with van der Waals surface area (Å²) in [4.78, 5) is 11.7. The Morgan fingerprint density at radius 3 is 2.38 bits per heavy atom. The van der Waals surface area contributed by atoms with Crippen molar-refractivity contribution in [2.75, 3.05) is 11.5 Å². The predicted molar refractivity (Wildman–Crippen MR) is 57.0 cm³/mol. The second-order valence-corrected chi connectivity index (χ2v) is 5.58. The molecule has 0 N–H and O–H groups in total. The van der Waals surface area contributed by atoms with Crippen molar-refractivity contribution < 1.29 is 4.79 Å². The standard InChI is InChI=1S/C11H18OS/c12-11(10-2-1-3-10)8-9-4-6-13-7-5-9/h9-10H,1-8H2. The molecule has 2 rings (SSSR count). The normalized spacial score (nSPS) is 25.5. The molecule has 1 saturated carbocycles. The summed E-state index contributed by atoms with van der Waals surface area (Å²) in [6.07, 6.45) is 7.11. The van der Waals surface area contributed by atoms with Gasteiger partial charge in [-0.15, -0.1) is 0 Å². The summed E-state index contributed by atoms with van der Waals surface area (Å²) in [7, 11) is 0. The number of rotatable bonds is 3. The maximum Gasteiger partial charge on any atom is 0.136 e. The molecule has 0 atom stereocenters. The Hall–Kier alpha value is 0.0200. The summed E-state index contributed by atoms with van der Waals surface area (Å²) in [6, 6.07) is 0. The highest BCUT2D eigenvalue weighted by Gasteiger charge is 2.27. The Morgan fingerprint density at radius 2 is 1.85 bits per heavy atom. The van der Waals surface area contributed by atoms with E-state index in [1.54, 1.807) is 0 Å². The van der Waals surface area contributed by atoms with Gasteiger partial charge >= 0.3 is 0 Å². The summed E-state index contributed by atoms with van der Waals surface area (Å²) < 4.78 is 0. The highest BCUT2D eigenvalue weighted by atomic mass is 32.2. The van der Waals surface area contributed by atoms with E-state index in [0.29, 0.717) is 11.7 Å². The van der Waals surface area contributed by atoms with E-state index in [1.807, 2.05) is 11.8 Å². The van der Waals surface area contributed by atoms with Gasteiger partial charge in [-0.05, 0) is 43.1 Å².